The maximum atomic E-state index is 6.71. The standard InChI is InChI=1S/C38H25NO2/c1-22-13-17-31-29(19-22)30-20-23(2)14-18-32(30)39(31)33-10-5-9-28-37-25(8-6-12-35(37)41-38(28)33)24-15-16-27-26-7-3-4-11-34(26)40-36(27)21-24/h3-21H,1-2H3. The predicted octanol–water partition coefficient (Wildman–Crippen LogP) is 10.9. The normalized spacial score (nSPS) is 12.1. The van der Waals surface area contributed by atoms with Crippen LogP contribution in [-0.2, 0) is 0 Å². The van der Waals surface area contributed by atoms with Gasteiger partial charge in [-0.15, -0.1) is 0 Å². The smallest absolute Gasteiger partial charge is 0.159 e. The number of furan rings is 2. The van der Waals surface area contributed by atoms with E-state index in [2.05, 4.69) is 122 Å². The van der Waals surface area contributed by atoms with Gasteiger partial charge >= 0.3 is 0 Å². The molecule has 0 amide bonds. The van der Waals surface area contributed by atoms with Crippen molar-refractivity contribution >= 4 is 65.7 Å². The Balaban J connectivity index is 1.33. The molecule has 9 aromatic rings. The van der Waals surface area contributed by atoms with Gasteiger partial charge < -0.3 is 13.4 Å². The van der Waals surface area contributed by atoms with E-state index in [9.17, 15) is 0 Å². The van der Waals surface area contributed by atoms with Gasteiger partial charge in [0.1, 0.15) is 16.7 Å². The summed E-state index contributed by atoms with van der Waals surface area (Å²) in [5, 5.41) is 7.02. The fraction of sp³-hybridized carbons (Fsp3) is 0.0526. The summed E-state index contributed by atoms with van der Waals surface area (Å²) in [6, 6.07) is 41.0. The molecule has 0 atom stereocenters. The zero-order valence-electron chi connectivity index (χ0n) is 22.7. The fourth-order valence-corrected chi connectivity index (χ4v) is 6.65. The van der Waals surface area contributed by atoms with Crippen molar-refractivity contribution in [1.29, 1.82) is 0 Å². The molecule has 0 aliphatic rings. The lowest BCUT2D eigenvalue weighted by atomic mass is 9.98. The van der Waals surface area contributed by atoms with Gasteiger partial charge in [0.25, 0.3) is 0 Å². The van der Waals surface area contributed by atoms with E-state index in [0.29, 0.717) is 0 Å². The van der Waals surface area contributed by atoms with E-state index in [1.54, 1.807) is 0 Å². The van der Waals surface area contributed by atoms with Crippen LogP contribution in [-0.4, -0.2) is 4.57 Å². The number of fused-ring (bicyclic) bond motifs is 9. The lowest BCUT2D eigenvalue weighted by Gasteiger charge is -2.09. The second kappa shape index (κ2) is 8.12. The van der Waals surface area contributed by atoms with Crippen molar-refractivity contribution in [1.82, 2.24) is 4.57 Å². The van der Waals surface area contributed by atoms with Crippen LogP contribution in [0.2, 0.25) is 0 Å². The van der Waals surface area contributed by atoms with Crippen molar-refractivity contribution < 1.29 is 8.83 Å². The number of aromatic nitrogens is 1. The molecule has 0 aliphatic carbocycles. The molecule has 0 saturated carbocycles. The molecule has 3 aromatic heterocycles. The third-order valence-corrected chi connectivity index (χ3v) is 8.51. The molecule has 0 N–H and O–H groups in total. The Morgan fingerprint density at radius 2 is 1.17 bits per heavy atom. The Kier molecular flexibility index (Phi) is 4.46. The number of aryl methyl sites for hydroxylation is 2. The molecule has 3 nitrogen and oxygen atoms in total. The highest BCUT2D eigenvalue weighted by Gasteiger charge is 2.20. The van der Waals surface area contributed by atoms with Crippen molar-refractivity contribution in [3.8, 4) is 16.8 Å². The van der Waals surface area contributed by atoms with E-state index in [4.69, 9.17) is 8.83 Å². The molecule has 0 aliphatic heterocycles. The molecule has 0 saturated heterocycles. The Hall–Kier alpha value is -5.28. The minimum absolute atomic E-state index is 0.877. The number of benzene rings is 6. The summed E-state index contributed by atoms with van der Waals surface area (Å²) >= 11 is 0. The van der Waals surface area contributed by atoms with E-state index in [-0.39, 0.29) is 0 Å². The van der Waals surface area contributed by atoms with Crippen LogP contribution in [0.1, 0.15) is 11.1 Å². The van der Waals surface area contributed by atoms with Gasteiger partial charge in [-0.2, -0.15) is 0 Å². The van der Waals surface area contributed by atoms with Crippen molar-refractivity contribution in [2.75, 3.05) is 0 Å². The largest absolute Gasteiger partial charge is 0.456 e. The molecule has 3 heterocycles. The van der Waals surface area contributed by atoms with E-state index in [1.807, 2.05) is 12.1 Å². The number of hydrogen-bond acceptors (Lipinski definition) is 2. The second-order valence-electron chi connectivity index (χ2n) is 11.1. The SMILES string of the molecule is Cc1ccc2c(c1)c1cc(C)ccc1n2-c1cccc2c1oc1cccc(-c3ccc4c(c3)oc3ccccc34)c12. The summed E-state index contributed by atoms with van der Waals surface area (Å²) in [5.41, 5.74) is 11.7. The summed E-state index contributed by atoms with van der Waals surface area (Å²) in [6.45, 7) is 4.31. The minimum atomic E-state index is 0.877. The van der Waals surface area contributed by atoms with E-state index in [0.717, 1.165) is 60.7 Å². The van der Waals surface area contributed by atoms with E-state index < -0.39 is 0 Å². The van der Waals surface area contributed by atoms with Crippen LogP contribution in [0.25, 0.3) is 82.5 Å². The maximum absolute atomic E-state index is 6.71. The third kappa shape index (κ3) is 3.14. The molecular weight excluding hydrogens is 502 g/mol. The molecule has 9 rings (SSSR count). The van der Waals surface area contributed by atoms with E-state index >= 15 is 0 Å². The monoisotopic (exact) mass is 527 g/mol. The van der Waals surface area contributed by atoms with Crippen LogP contribution in [0.15, 0.2) is 124 Å². The first-order chi connectivity index (χ1) is 20.1. The highest BCUT2D eigenvalue weighted by Crippen LogP contribution is 2.42. The van der Waals surface area contributed by atoms with Gasteiger partial charge in [0, 0.05) is 32.3 Å². The topological polar surface area (TPSA) is 31.2 Å². The van der Waals surface area contributed by atoms with Crippen LogP contribution in [0.5, 0.6) is 0 Å². The average molecular weight is 528 g/mol. The minimum Gasteiger partial charge on any atom is -0.456 e. The van der Waals surface area contributed by atoms with Crippen molar-refractivity contribution in [2.24, 2.45) is 0 Å². The summed E-state index contributed by atoms with van der Waals surface area (Å²) in [7, 11) is 0. The molecule has 0 radical (unpaired) electrons. The number of nitrogens with zero attached hydrogens (tertiary/aromatic N) is 1. The maximum Gasteiger partial charge on any atom is 0.159 e. The van der Waals surface area contributed by atoms with Gasteiger partial charge in [0.05, 0.1) is 16.7 Å². The van der Waals surface area contributed by atoms with Crippen LogP contribution in [0, 0.1) is 13.8 Å². The van der Waals surface area contributed by atoms with Crippen LogP contribution in [0.4, 0.5) is 0 Å². The molecule has 41 heavy (non-hydrogen) atoms. The quantitative estimate of drug-likeness (QED) is 0.224. The van der Waals surface area contributed by atoms with Crippen LogP contribution >= 0.6 is 0 Å². The Morgan fingerprint density at radius 1 is 0.488 bits per heavy atom. The predicted molar refractivity (Wildman–Crippen MR) is 170 cm³/mol. The molecule has 0 unspecified atom stereocenters. The molecule has 0 fully saturated rings. The van der Waals surface area contributed by atoms with E-state index in [1.165, 1.54) is 32.9 Å². The summed E-state index contributed by atoms with van der Waals surface area (Å²) in [5.74, 6) is 0. The van der Waals surface area contributed by atoms with Gasteiger partial charge in [-0.1, -0.05) is 71.8 Å². The third-order valence-electron chi connectivity index (χ3n) is 8.51. The molecule has 3 heteroatoms. The summed E-state index contributed by atoms with van der Waals surface area (Å²) in [6.07, 6.45) is 0. The second-order valence-corrected chi connectivity index (χ2v) is 11.1. The fourth-order valence-electron chi connectivity index (χ4n) is 6.65. The number of hydrogen-bond donors (Lipinski definition) is 0. The number of rotatable bonds is 2. The van der Waals surface area contributed by atoms with Gasteiger partial charge in [-0.05, 0) is 79.6 Å². The zero-order chi connectivity index (χ0) is 27.2. The first kappa shape index (κ1) is 22.5. The van der Waals surface area contributed by atoms with Crippen molar-refractivity contribution in [3.63, 3.8) is 0 Å². The molecule has 0 spiro atoms. The molecule has 194 valence electrons. The molecule has 6 aromatic carbocycles. The first-order valence-corrected chi connectivity index (χ1v) is 14.0. The summed E-state index contributed by atoms with van der Waals surface area (Å²) < 4.78 is 15.3. The lowest BCUT2D eigenvalue weighted by Crippen LogP contribution is -1.94. The Labute approximate surface area is 235 Å². The van der Waals surface area contributed by atoms with Gasteiger partial charge in [0.2, 0.25) is 0 Å². The molecule has 0 bridgehead atoms. The van der Waals surface area contributed by atoms with Crippen molar-refractivity contribution in [3.05, 3.63) is 126 Å². The van der Waals surface area contributed by atoms with Crippen molar-refractivity contribution in [2.45, 2.75) is 13.8 Å². The van der Waals surface area contributed by atoms with Gasteiger partial charge in [-0.3, -0.25) is 0 Å². The number of para-hydroxylation sites is 2. The first-order valence-electron chi connectivity index (χ1n) is 14.0. The zero-order valence-corrected chi connectivity index (χ0v) is 22.7. The Morgan fingerprint density at radius 3 is 1.98 bits per heavy atom. The van der Waals surface area contributed by atoms with Gasteiger partial charge in [-0.25, -0.2) is 0 Å². The van der Waals surface area contributed by atoms with Gasteiger partial charge in [0.15, 0.2) is 5.58 Å². The lowest BCUT2D eigenvalue weighted by molar-refractivity contribution is 0.666. The van der Waals surface area contributed by atoms with Crippen LogP contribution in [0.3, 0.4) is 0 Å². The molecular formula is C38H25NO2. The summed E-state index contributed by atoms with van der Waals surface area (Å²) in [4.78, 5) is 0. The highest BCUT2D eigenvalue weighted by molar-refractivity contribution is 6.17. The highest BCUT2D eigenvalue weighted by atomic mass is 16.3. The van der Waals surface area contributed by atoms with Crippen LogP contribution < -0.4 is 0 Å². The Bertz CT molecular complexity index is 2440. The average Bonchev–Trinajstić information content (AvgIpc) is 3.66.